The topological polar surface area (TPSA) is 27.8 Å². The fraction of sp³-hybridized carbons (Fsp3) is 0.167. The number of hydrogen-bond acceptors (Lipinski definition) is 2. The zero-order chi connectivity index (χ0) is 12.8. The molecule has 1 aliphatic rings. The van der Waals surface area contributed by atoms with Crippen LogP contribution in [-0.2, 0) is 6.18 Å². The third kappa shape index (κ3) is 1.77. The van der Waals surface area contributed by atoms with Gasteiger partial charge in [0.05, 0.1) is 16.3 Å². The standard InChI is InChI=1S/C12H9F3N2S/c13-12(14,15)9-4-2-1-3-7(9)8-5-16-11-10(8)18-6-17-11/h1-5,16-17H,6H2. The number of aromatic amines is 1. The van der Waals surface area contributed by atoms with Gasteiger partial charge in [-0.2, -0.15) is 13.2 Å². The maximum atomic E-state index is 13.0. The van der Waals surface area contributed by atoms with Crippen molar-refractivity contribution in [1.82, 2.24) is 4.98 Å². The van der Waals surface area contributed by atoms with Crippen LogP contribution in [0.1, 0.15) is 5.56 Å². The first kappa shape index (κ1) is 11.5. The first-order chi connectivity index (χ1) is 8.57. The molecule has 2 heterocycles. The zero-order valence-electron chi connectivity index (χ0n) is 9.14. The summed E-state index contributed by atoms with van der Waals surface area (Å²) in [6.45, 7) is 0. The van der Waals surface area contributed by atoms with E-state index in [1.165, 1.54) is 23.9 Å². The molecule has 1 aliphatic heterocycles. The molecule has 0 saturated heterocycles. The van der Waals surface area contributed by atoms with Crippen LogP contribution in [0.4, 0.5) is 19.0 Å². The Hall–Kier alpha value is -1.56. The fourth-order valence-electron chi connectivity index (χ4n) is 2.04. The average molecular weight is 270 g/mol. The quantitative estimate of drug-likeness (QED) is 0.813. The summed E-state index contributed by atoms with van der Waals surface area (Å²) in [5, 5.41) is 3.07. The predicted molar refractivity (Wildman–Crippen MR) is 65.6 cm³/mol. The molecular weight excluding hydrogens is 261 g/mol. The molecule has 0 spiro atoms. The van der Waals surface area contributed by atoms with Crippen molar-refractivity contribution in [3.63, 3.8) is 0 Å². The van der Waals surface area contributed by atoms with Gasteiger partial charge in [-0.3, -0.25) is 0 Å². The number of aromatic nitrogens is 1. The monoisotopic (exact) mass is 270 g/mol. The van der Waals surface area contributed by atoms with Crippen molar-refractivity contribution in [1.29, 1.82) is 0 Å². The number of fused-ring (bicyclic) bond motifs is 1. The van der Waals surface area contributed by atoms with E-state index in [1.54, 1.807) is 12.3 Å². The van der Waals surface area contributed by atoms with Gasteiger partial charge in [0.1, 0.15) is 5.82 Å². The minimum Gasteiger partial charge on any atom is -0.361 e. The van der Waals surface area contributed by atoms with Gasteiger partial charge in [-0.15, -0.1) is 11.8 Å². The molecule has 6 heteroatoms. The normalized spacial score (nSPS) is 14.4. The molecule has 0 amide bonds. The second-order valence-corrected chi connectivity index (χ2v) is 4.90. The van der Waals surface area contributed by atoms with Gasteiger partial charge in [0, 0.05) is 11.8 Å². The van der Waals surface area contributed by atoms with Gasteiger partial charge < -0.3 is 10.3 Å². The van der Waals surface area contributed by atoms with E-state index in [0.29, 0.717) is 11.4 Å². The molecule has 1 aromatic carbocycles. The summed E-state index contributed by atoms with van der Waals surface area (Å²) in [6, 6.07) is 5.65. The average Bonchev–Trinajstić information content (AvgIpc) is 2.89. The maximum Gasteiger partial charge on any atom is 0.417 e. The molecule has 0 saturated carbocycles. The number of thioether (sulfide) groups is 1. The highest BCUT2D eigenvalue weighted by atomic mass is 32.2. The van der Waals surface area contributed by atoms with Crippen molar-refractivity contribution in [2.45, 2.75) is 11.1 Å². The van der Waals surface area contributed by atoms with Crippen molar-refractivity contribution in [3.8, 4) is 11.1 Å². The van der Waals surface area contributed by atoms with Crippen LogP contribution in [0.25, 0.3) is 11.1 Å². The zero-order valence-corrected chi connectivity index (χ0v) is 9.95. The van der Waals surface area contributed by atoms with E-state index in [-0.39, 0.29) is 5.56 Å². The number of nitrogens with one attached hydrogen (secondary N) is 2. The minimum atomic E-state index is -4.34. The van der Waals surface area contributed by atoms with Crippen LogP contribution in [0, 0.1) is 0 Å². The number of hydrogen-bond donors (Lipinski definition) is 2. The summed E-state index contributed by atoms with van der Waals surface area (Å²) in [5.74, 6) is 1.48. The second-order valence-electron chi connectivity index (χ2n) is 3.92. The van der Waals surface area contributed by atoms with E-state index in [0.717, 1.165) is 16.8 Å². The highest BCUT2D eigenvalue weighted by Gasteiger charge is 2.34. The largest absolute Gasteiger partial charge is 0.417 e. The van der Waals surface area contributed by atoms with Gasteiger partial charge in [-0.1, -0.05) is 18.2 Å². The van der Waals surface area contributed by atoms with Crippen LogP contribution in [0.3, 0.4) is 0 Å². The van der Waals surface area contributed by atoms with E-state index in [9.17, 15) is 13.2 Å². The lowest BCUT2D eigenvalue weighted by Crippen LogP contribution is -2.06. The molecule has 1 aromatic heterocycles. The number of halogens is 3. The molecular formula is C12H9F3N2S. The summed E-state index contributed by atoms with van der Waals surface area (Å²) < 4.78 is 38.9. The lowest BCUT2D eigenvalue weighted by molar-refractivity contribution is -0.137. The Labute approximate surface area is 106 Å². The molecule has 3 rings (SSSR count). The first-order valence-corrected chi connectivity index (χ1v) is 6.30. The molecule has 2 N–H and O–H groups in total. The highest BCUT2D eigenvalue weighted by Crippen LogP contribution is 2.45. The third-order valence-corrected chi connectivity index (χ3v) is 3.82. The molecule has 18 heavy (non-hydrogen) atoms. The van der Waals surface area contributed by atoms with Gasteiger partial charge in [-0.25, -0.2) is 0 Å². The van der Waals surface area contributed by atoms with E-state index >= 15 is 0 Å². The molecule has 0 atom stereocenters. The second kappa shape index (κ2) is 3.98. The summed E-state index contributed by atoms with van der Waals surface area (Å²) in [4.78, 5) is 3.82. The Morgan fingerprint density at radius 2 is 1.89 bits per heavy atom. The number of H-pyrrole nitrogens is 1. The van der Waals surface area contributed by atoms with Crippen molar-refractivity contribution in [2.24, 2.45) is 0 Å². The van der Waals surface area contributed by atoms with Crippen molar-refractivity contribution in [2.75, 3.05) is 11.2 Å². The molecule has 2 aromatic rings. The number of rotatable bonds is 1. The van der Waals surface area contributed by atoms with Crippen LogP contribution in [-0.4, -0.2) is 10.9 Å². The molecule has 0 bridgehead atoms. The maximum absolute atomic E-state index is 13.0. The Morgan fingerprint density at radius 1 is 1.11 bits per heavy atom. The Balaban J connectivity index is 2.17. The van der Waals surface area contributed by atoms with Gasteiger partial charge in [0.2, 0.25) is 0 Å². The van der Waals surface area contributed by atoms with Gasteiger partial charge in [-0.05, 0) is 11.6 Å². The van der Waals surface area contributed by atoms with Gasteiger partial charge in [0.25, 0.3) is 0 Å². The number of alkyl halides is 3. The molecule has 2 nitrogen and oxygen atoms in total. The SMILES string of the molecule is FC(F)(F)c1ccccc1-c1c[nH]c2c1SCN2. The molecule has 0 fully saturated rings. The molecule has 0 aliphatic carbocycles. The third-order valence-electron chi connectivity index (χ3n) is 2.82. The first-order valence-electron chi connectivity index (χ1n) is 5.32. The van der Waals surface area contributed by atoms with Crippen LogP contribution in [0.5, 0.6) is 0 Å². The molecule has 0 radical (unpaired) electrons. The van der Waals surface area contributed by atoms with E-state index in [2.05, 4.69) is 10.3 Å². The number of benzene rings is 1. The fourth-order valence-corrected chi connectivity index (χ4v) is 3.00. The van der Waals surface area contributed by atoms with Gasteiger partial charge in [0.15, 0.2) is 0 Å². The van der Waals surface area contributed by atoms with Crippen LogP contribution in [0.15, 0.2) is 35.4 Å². The Morgan fingerprint density at radius 3 is 2.67 bits per heavy atom. The number of anilines is 1. The van der Waals surface area contributed by atoms with Crippen LogP contribution in [0.2, 0.25) is 0 Å². The lowest BCUT2D eigenvalue weighted by Gasteiger charge is -2.12. The molecule has 0 unspecified atom stereocenters. The predicted octanol–water partition coefficient (Wildman–Crippen LogP) is 4.18. The summed E-state index contributed by atoms with van der Waals surface area (Å²) >= 11 is 1.51. The smallest absolute Gasteiger partial charge is 0.361 e. The van der Waals surface area contributed by atoms with E-state index < -0.39 is 11.7 Å². The summed E-state index contributed by atoms with van der Waals surface area (Å²) in [6.07, 6.45) is -2.72. The van der Waals surface area contributed by atoms with Crippen LogP contribution >= 0.6 is 11.8 Å². The Bertz CT molecular complexity index is 589. The van der Waals surface area contributed by atoms with Crippen molar-refractivity contribution >= 4 is 17.6 Å². The van der Waals surface area contributed by atoms with Gasteiger partial charge >= 0.3 is 6.18 Å². The lowest BCUT2D eigenvalue weighted by atomic mass is 10.0. The Kier molecular flexibility index (Phi) is 2.55. The molecule has 94 valence electrons. The van der Waals surface area contributed by atoms with Crippen molar-refractivity contribution in [3.05, 3.63) is 36.0 Å². The van der Waals surface area contributed by atoms with E-state index in [1.807, 2.05) is 0 Å². The highest BCUT2D eigenvalue weighted by molar-refractivity contribution is 8.00. The van der Waals surface area contributed by atoms with Crippen molar-refractivity contribution < 1.29 is 13.2 Å². The van der Waals surface area contributed by atoms with Crippen LogP contribution < -0.4 is 5.32 Å². The minimum absolute atomic E-state index is 0.221. The summed E-state index contributed by atoms with van der Waals surface area (Å²) in [7, 11) is 0. The van der Waals surface area contributed by atoms with E-state index in [4.69, 9.17) is 0 Å². The summed E-state index contributed by atoms with van der Waals surface area (Å²) in [5.41, 5.74) is 0.228.